The minimum atomic E-state index is -1.03. The second-order valence-electron chi connectivity index (χ2n) is 3.98. The van der Waals surface area contributed by atoms with Gasteiger partial charge in [0.05, 0.1) is 29.4 Å². The second kappa shape index (κ2) is 5.49. The molecule has 2 heterocycles. The Bertz CT molecular complexity index is 571. The van der Waals surface area contributed by atoms with Gasteiger partial charge in [0.2, 0.25) is 0 Å². The Kier molecular flexibility index (Phi) is 3.96. The summed E-state index contributed by atoms with van der Waals surface area (Å²) in [5.74, 6) is 0.0869. The molecule has 10 heteroatoms. The van der Waals surface area contributed by atoms with E-state index in [1.54, 1.807) is 0 Å². The molecule has 1 aliphatic heterocycles. The number of nitrogens with two attached hydrogens (primary N) is 1. The predicted octanol–water partition coefficient (Wildman–Crippen LogP) is -0.528. The SMILES string of the molecule is [N-]=[N+]=NC1C(O)C(CO)SC1n1ccc(N)nc1=O. The van der Waals surface area contributed by atoms with Crippen molar-refractivity contribution in [3.63, 3.8) is 0 Å². The van der Waals surface area contributed by atoms with Crippen molar-refractivity contribution in [1.29, 1.82) is 0 Å². The second-order valence-corrected chi connectivity index (χ2v) is 5.34. The normalized spacial score (nSPS) is 30.0. The number of azide groups is 1. The average Bonchev–Trinajstić information content (AvgIpc) is 2.68. The van der Waals surface area contributed by atoms with Crippen LogP contribution >= 0.6 is 11.8 Å². The molecule has 1 saturated heterocycles. The monoisotopic (exact) mass is 284 g/mol. The van der Waals surface area contributed by atoms with Crippen LogP contribution in [0, 0.1) is 0 Å². The van der Waals surface area contributed by atoms with Crippen LogP contribution in [-0.4, -0.2) is 43.8 Å². The molecule has 0 spiro atoms. The predicted molar refractivity (Wildman–Crippen MR) is 69.4 cm³/mol. The highest BCUT2D eigenvalue weighted by Crippen LogP contribution is 2.42. The maximum Gasteiger partial charge on any atom is 0.350 e. The summed E-state index contributed by atoms with van der Waals surface area (Å²) in [4.78, 5) is 18.0. The van der Waals surface area contributed by atoms with Gasteiger partial charge >= 0.3 is 5.69 Å². The van der Waals surface area contributed by atoms with Crippen molar-refractivity contribution in [3.05, 3.63) is 33.2 Å². The number of hydrogen-bond donors (Lipinski definition) is 3. The molecule has 0 aliphatic carbocycles. The number of hydrogen-bond acceptors (Lipinski definition) is 7. The van der Waals surface area contributed by atoms with E-state index in [1.807, 2.05) is 0 Å². The van der Waals surface area contributed by atoms with E-state index in [0.717, 1.165) is 11.8 Å². The van der Waals surface area contributed by atoms with Crippen LogP contribution in [0.25, 0.3) is 10.4 Å². The third-order valence-corrected chi connectivity index (χ3v) is 4.39. The summed E-state index contributed by atoms with van der Waals surface area (Å²) in [6, 6.07) is 0.587. The lowest BCUT2D eigenvalue weighted by molar-refractivity contribution is 0.120. The van der Waals surface area contributed by atoms with E-state index >= 15 is 0 Å². The maximum atomic E-state index is 11.8. The molecule has 0 aromatic carbocycles. The Morgan fingerprint density at radius 1 is 1.68 bits per heavy atom. The average molecular weight is 284 g/mol. The first-order valence-electron chi connectivity index (χ1n) is 5.41. The highest BCUT2D eigenvalue weighted by molar-refractivity contribution is 8.00. The van der Waals surface area contributed by atoms with Gasteiger partial charge in [-0.1, -0.05) is 5.11 Å². The van der Waals surface area contributed by atoms with E-state index in [-0.39, 0.29) is 12.4 Å². The maximum absolute atomic E-state index is 11.8. The molecule has 9 nitrogen and oxygen atoms in total. The first kappa shape index (κ1) is 13.7. The van der Waals surface area contributed by atoms with Crippen LogP contribution in [0.4, 0.5) is 5.82 Å². The molecule has 4 atom stereocenters. The molecule has 0 amide bonds. The van der Waals surface area contributed by atoms with Gasteiger partial charge in [-0.2, -0.15) is 4.98 Å². The van der Waals surface area contributed by atoms with E-state index in [2.05, 4.69) is 15.0 Å². The topological polar surface area (TPSA) is 150 Å². The lowest BCUT2D eigenvalue weighted by Crippen LogP contribution is -2.34. The van der Waals surface area contributed by atoms with Crippen molar-refractivity contribution in [2.24, 2.45) is 5.11 Å². The number of anilines is 1. The molecule has 4 N–H and O–H groups in total. The van der Waals surface area contributed by atoms with Crippen molar-refractivity contribution in [1.82, 2.24) is 9.55 Å². The fraction of sp³-hybridized carbons (Fsp3) is 0.556. The zero-order valence-electron chi connectivity index (χ0n) is 9.70. The van der Waals surface area contributed by atoms with Crippen LogP contribution in [0.1, 0.15) is 5.37 Å². The summed E-state index contributed by atoms with van der Waals surface area (Å²) in [7, 11) is 0. The highest BCUT2D eigenvalue weighted by Gasteiger charge is 2.43. The Morgan fingerprint density at radius 3 is 3.00 bits per heavy atom. The molecular weight excluding hydrogens is 272 g/mol. The van der Waals surface area contributed by atoms with Gasteiger partial charge in [-0.25, -0.2) is 4.79 Å². The van der Waals surface area contributed by atoms with Crippen molar-refractivity contribution in [3.8, 4) is 0 Å². The molecule has 0 radical (unpaired) electrons. The Hall–Kier alpha value is -1.74. The lowest BCUT2D eigenvalue weighted by Gasteiger charge is -2.17. The third-order valence-electron chi connectivity index (χ3n) is 2.83. The summed E-state index contributed by atoms with van der Waals surface area (Å²) in [6.07, 6.45) is 0.398. The summed E-state index contributed by atoms with van der Waals surface area (Å²) >= 11 is 1.16. The fourth-order valence-electron chi connectivity index (χ4n) is 1.91. The Morgan fingerprint density at radius 2 is 2.42 bits per heavy atom. The molecule has 19 heavy (non-hydrogen) atoms. The van der Waals surface area contributed by atoms with Crippen LogP contribution < -0.4 is 11.4 Å². The quantitative estimate of drug-likeness (QED) is 0.385. The van der Waals surface area contributed by atoms with Crippen LogP contribution in [0.3, 0.4) is 0 Å². The molecule has 1 aromatic rings. The van der Waals surface area contributed by atoms with Gasteiger partial charge in [0.15, 0.2) is 0 Å². The third kappa shape index (κ3) is 2.51. The van der Waals surface area contributed by atoms with Crippen LogP contribution in [0.5, 0.6) is 0 Å². The first-order chi connectivity index (χ1) is 9.08. The standard InChI is InChI=1S/C9H12N6O3S/c10-5-1-2-15(9(18)12-5)8-6(13-14-11)7(17)4(3-16)19-8/h1-2,4,6-8,16-17H,3H2,(H2,10,12,18). The van der Waals surface area contributed by atoms with Crippen LogP contribution in [0.15, 0.2) is 22.2 Å². The number of aliphatic hydroxyl groups is 2. The number of nitrogens with zero attached hydrogens (tertiary/aromatic N) is 5. The molecule has 0 bridgehead atoms. The van der Waals surface area contributed by atoms with E-state index < -0.39 is 28.5 Å². The zero-order chi connectivity index (χ0) is 14.0. The molecule has 4 unspecified atom stereocenters. The number of nitrogen functional groups attached to an aromatic ring is 1. The minimum Gasteiger partial charge on any atom is -0.395 e. The minimum absolute atomic E-state index is 0.0869. The summed E-state index contributed by atoms with van der Waals surface area (Å²) < 4.78 is 1.24. The molecular formula is C9H12N6O3S. The van der Waals surface area contributed by atoms with E-state index in [1.165, 1.54) is 16.8 Å². The van der Waals surface area contributed by atoms with Gasteiger partial charge in [-0.3, -0.25) is 4.57 Å². The van der Waals surface area contributed by atoms with Crippen molar-refractivity contribution >= 4 is 17.6 Å². The fourth-order valence-corrected chi connectivity index (χ4v) is 3.35. The van der Waals surface area contributed by atoms with E-state index in [9.17, 15) is 9.90 Å². The van der Waals surface area contributed by atoms with Crippen molar-refractivity contribution in [2.45, 2.75) is 22.8 Å². The zero-order valence-corrected chi connectivity index (χ0v) is 10.5. The Balaban J connectivity index is 2.41. The van der Waals surface area contributed by atoms with Crippen molar-refractivity contribution < 1.29 is 10.2 Å². The van der Waals surface area contributed by atoms with Gasteiger partial charge < -0.3 is 15.9 Å². The summed E-state index contributed by atoms with van der Waals surface area (Å²) in [5.41, 5.74) is 13.3. The Labute approximate surface area is 111 Å². The molecule has 2 rings (SSSR count). The largest absolute Gasteiger partial charge is 0.395 e. The van der Waals surface area contributed by atoms with Gasteiger partial charge in [-0.05, 0) is 11.6 Å². The summed E-state index contributed by atoms with van der Waals surface area (Å²) in [6.45, 7) is -0.281. The van der Waals surface area contributed by atoms with Crippen molar-refractivity contribution in [2.75, 3.05) is 12.3 Å². The van der Waals surface area contributed by atoms with Gasteiger partial charge in [-0.15, -0.1) is 11.8 Å². The van der Waals surface area contributed by atoms with Crippen LogP contribution in [0.2, 0.25) is 0 Å². The summed E-state index contributed by atoms with van der Waals surface area (Å²) in [5, 5.41) is 21.5. The first-order valence-corrected chi connectivity index (χ1v) is 6.36. The van der Waals surface area contributed by atoms with Gasteiger partial charge in [0, 0.05) is 11.1 Å². The lowest BCUT2D eigenvalue weighted by atomic mass is 10.1. The van der Waals surface area contributed by atoms with Gasteiger partial charge in [0.25, 0.3) is 0 Å². The van der Waals surface area contributed by atoms with Crippen LogP contribution in [-0.2, 0) is 0 Å². The van der Waals surface area contributed by atoms with E-state index in [4.69, 9.17) is 16.4 Å². The number of rotatable bonds is 3. The number of aromatic nitrogens is 2. The van der Waals surface area contributed by atoms with E-state index in [0.29, 0.717) is 0 Å². The molecule has 1 aromatic heterocycles. The number of thioether (sulfide) groups is 1. The van der Waals surface area contributed by atoms with Gasteiger partial charge in [0.1, 0.15) is 5.82 Å². The molecule has 0 saturated carbocycles. The highest BCUT2D eigenvalue weighted by atomic mass is 32.2. The molecule has 102 valence electrons. The smallest absolute Gasteiger partial charge is 0.350 e. The number of aliphatic hydroxyl groups excluding tert-OH is 2. The molecule has 1 aliphatic rings. The molecule has 1 fully saturated rings.